The lowest BCUT2D eigenvalue weighted by atomic mass is 10.1. The van der Waals surface area contributed by atoms with Crippen LogP contribution in [0.5, 0.6) is 0 Å². The minimum Gasteiger partial charge on any atom is -0.465 e. The molecule has 0 aromatic carbocycles. The lowest BCUT2D eigenvalue weighted by Gasteiger charge is -2.32. The number of aromatic nitrogens is 1. The summed E-state index contributed by atoms with van der Waals surface area (Å²) in [5.74, 6) is 0.321. The minimum atomic E-state index is -0.354. The van der Waals surface area contributed by atoms with Gasteiger partial charge in [-0.2, -0.15) is 0 Å². The van der Waals surface area contributed by atoms with Crippen LogP contribution in [0.1, 0.15) is 23.2 Å². The molecule has 1 aromatic heterocycles. The minimum absolute atomic E-state index is 0.149. The first-order chi connectivity index (χ1) is 8.22. The lowest BCUT2D eigenvalue weighted by Crippen LogP contribution is -2.43. The number of nitrogens with zero attached hydrogens (tertiary/aromatic N) is 2. The molecule has 2 rings (SSSR count). The van der Waals surface area contributed by atoms with Gasteiger partial charge < -0.3 is 15.4 Å². The van der Waals surface area contributed by atoms with Crippen molar-refractivity contribution in [3.8, 4) is 0 Å². The summed E-state index contributed by atoms with van der Waals surface area (Å²) in [4.78, 5) is 18.0. The molecule has 1 aromatic rings. The van der Waals surface area contributed by atoms with Crippen molar-refractivity contribution in [1.82, 2.24) is 4.98 Å². The highest BCUT2D eigenvalue weighted by atomic mass is 16.5. The molecule has 0 saturated carbocycles. The quantitative estimate of drug-likeness (QED) is 0.768. The summed E-state index contributed by atoms with van der Waals surface area (Å²) in [6.45, 7) is 1.62. The highest BCUT2D eigenvalue weighted by Crippen LogP contribution is 2.21. The molecule has 0 spiro atoms. The van der Waals surface area contributed by atoms with E-state index in [4.69, 9.17) is 10.5 Å². The number of nitrogens with two attached hydrogens (primary N) is 1. The van der Waals surface area contributed by atoms with Crippen molar-refractivity contribution in [2.24, 2.45) is 5.73 Å². The number of esters is 1. The van der Waals surface area contributed by atoms with E-state index in [1.165, 1.54) is 7.11 Å². The maximum atomic E-state index is 11.6. The molecule has 2 heterocycles. The Morgan fingerprint density at radius 1 is 1.65 bits per heavy atom. The lowest BCUT2D eigenvalue weighted by molar-refractivity contribution is 0.0601. The molecule has 5 heteroatoms. The maximum Gasteiger partial charge on any atom is 0.341 e. The Kier molecular flexibility index (Phi) is 3.58. The second kappa shape index (κ2) is 5.14. The van der Waals surface area contributed by atoms with Crippen molar-refractivity contribution >= 4 is 11.8 Å². The number of ether oxygens (including phenoxy) is 1. The van der Waals surface area contributed by atoms with Crippen LogP contribution in [0.2, 0.25) is 0 Å². The number of methoxy groups -OCH3 is 1. The number of rotatable bonds is 2. The van der Waals surface area contributed by atoms with E-state index in [9.17, 15) is 4.79 Å². The molecule has 1 fully saturated rings. The molecule has 0 radical (unpaired) electrons. The van der Waals surface area contributed by atoms with E-state index in [0.29, 0.717) is 11.4 Å². The van der Waals surface area contributed by atoms with Crippen molar-refractivity contribution in [2.45, 2.75) is 18.9 Å². The number of carbonyl (C=O) groups excluding carboxylic acids is 1. The molecule has 0 bridgehead atoms. The summed E-state index contributed by atoms with van der Waals surface area (Å²) < 4.78 is 4.76. The number of piperidine rings is 1. The van der Waals surface area contributed by atoms with E-state index in [1.807, 2.05) is 0 Å². The third-order valence-electron chi connectivity index (χ3n) is 2.95. The number of carbonyl (C=O) groups is 1. The highest BCUT2D eigenvalue weighted by molar-refractivity contribution is 5.94. The van der Waals surface area contributed by atoms with Crippen molar-refractivity contribution in [2.75, 3.05) is 25.1 Å². The Morgan fingerprint density at radius 2 is 2.47 bits per heavy atom. The molecule has 0 aliphatic carbocycles. The van der Waals surface area contributed by atoms with Gasteiger partial charge in [-0.3, -0.25) is 0 Å². The van der Waals surface area contributed by atoms with Crippen LogP contribution < -0.4 is 10.6 Å². The average molecular weight is 235 g/mol. The fraction of sp³-hybridized carbons (Fsp3) is 0.500. The van der Waals surface area contributed by atoms with Gasteiger partial charge in [0.2, 0.25) is 0 Å². The molecule has 2 N–H and O–H groups in total. The standard InChI is InChI=1S/C12H17N3O2/c1-17-12(16)10-5-2-6-14-11(10)15-7-3-4-9(13)8-15/h2,5-6,9H,3-4,7-8,13H2,1H3/t9-/m1/s1. The fourth-order valence-corrected chi connectivity index (χ4v) is 2.12. The van der Waals surface area contributed by atoms with Crippen molar-refractivity contribution in [1.29, 1.82) is 0 Å². The molecule has 0 amide bonds. The van der Waals surface area contributed by atoms with Crippen LogP contribution in [0.25, 0.3) is 0 Å². The molecule has 1 atom stereocenters. The molecule has 5 nitrogen and oxygen atoms in total. The summed E-state index contributed by atoms with van der Waals surface area (Å²) in [7, 11) is 1.38. The second-order valence-corrected chi connectivity index (χ2v) is 4.21. The van der Waals surface area contributed by atoms with E-state index in [0.717, 1.165) is 25.9 Å². The van der Waals surface area contributed by atoms with Crippen LogP contribution in [0.15, 0.2) is 18.3 Å². The molecule has 17 heavy (non-hydrogen) atoms. The fourth-order valence-electron chi connectivity index (χ4n) is 2.12. The van der Waals surface area contributed by atoms with Gasteiger partial charge >= 0.3 is 5.97 Å². The summed E-state index contributed by atoms with van der Waals surface area (Å²) in [5.41, 5.74) is 6.44. The van der Waals surface area contributed by atoms with Crippen molar-refractivity contribution < 1.29 is 9.53 Å². The van der Waals surface area contributed by atoms with Crippen LogP contribution in [0.4, 0.5) is 5.82 Å². The van der Waals surface area contributed by atoms with E-state index >= 15 is 0 Å². The predicted octanol–water partition coefficient (Wildman–Crippen LogP) is 0.796. The average Bonchev–Trinajstić information content (AvgIpc) is 2.38. The van der Waals surface area contributed by atoms with Gasteiger partial charge in [0.1, 0.15) is 11.4 Å². The SMILES string of the molecule is COC(=O)c1cccnc1N1CCC[C@@H](N)C1. The molecular weight excluding hydrogens is 218 g/mol. The largest absolute Gasteiger partial charge is 0.465 e. The van der Waals surface area contributed by atoms with E-state index in [1.54, 1.807) is 18.3 Å². The Bertz CT molecular complexity index is 408. The highest BCUT2D eigenvalue weighted by Gasteiger charge is 2.22. The van der Waals surface area contributed by atoms with Crippen LogP contribution in [0.3, 0.4) is 0 Å². The number of anilines is 1. The third-order valence-corrected chi connectivity index (χ3v) is 2.95. The maximum absolute atomic E-state index is 11.6. The number of pyridine rings is 1. The third kappa shape index (κ3) is 2.55. The number of hydrogen-bond acceptors (Lipinski definition) is 5. The smallest absolute Gasteiger partial charge is 0.341 e. The molecule has 0 unspecified atom stereocenters. The predicted molar refractivity (Wildman–Crippen MR) is 65.0 cm³/mol. The van der Waals surface area contributed by atoms with Crippen LogP contribution >= 0.6 is 0 Å². The van der Waals surface area contributed by atoms with E-state index < -0.39 is 0 Å². The monoisotopic (exact) mass is 235 g/mol. The first kappa shape index (κ1) is 11.9. The van der Waals surface area contributed by atoms with Gasteiger partial charge in [-0.15, -0.1) is 0 Å². The summed E-state index contributed by atoms with van der Waals surface area (Å²) >= 11 is 0. The second-order valence-electron chi connectivity index (χ2n) is 4.21. The van der Waals surface area contributed by atoms with E-state index in [2.05, 4.69) is 9.88 Å². The van der Waals surface area contributed by atoms with Gasteiger partial charge in [-0.25, -0.2) is 9.78 Å². The van der Waals surface area contributed by atoms with Gasteiger partial charge in [0.25, 0.3) is 0 Å². The normalized spacial score (nSPS) is 20.1. The Hall–Kier alpha value is -1.62. The van der Waals surface area contributed by atoms with Crippen molar-refractivity contribution in [3.05, 3.63) is 23.9 Å². The first-order valence-electron chi connectivity index (χ1n) is 5.76. The van der Waals surface area contributed by atoms with Crippen molar-refractivity contribution in [3.63, 3.8) is 0 Å². The molecule has 1 aliphatic heterocycles. The first-order valence-corrected chi connectivity index (χ1v) is 5.76. The van der Waals surface area contributed by atoms with Gasteiger partial charge in [0, 0.05) is 25.3 Å². The van der Waals surface area contributed by atoms with E-state index in [-0.39, 0.29) is 12.0 Å². The molecule has 92 valence electrons. The number of hydrogen-bond donors (Lipinski definition) is 1. The zero-order chi connectivity index (χ0) is 12.3. The topological polar surface area (TPSA) is 68.5 Å². The van der Waals surface area contributed by atoms with Crippen LogP contribution in [-0.4, -0.2) is 37.2 Å². The van der Waals surface area contributed by atoms with Crippen LogP contribution in [0, 0.1) is 0 Å². The van der Waals surface area contributed by atoms with Gasteiger partial charge in [-0.05, 0) is 25.0 Å². The van der Waals surface area contributed by atoms with Gasteiger partial charge in [0.05, 0.1) is 7.11 Å². The summed E-state index contributed by atoms with van der Waals surface area (Å²) in [5, 5.41) is 0. The van der Waals surface area contributed by atoms with Gasteiger partial charge in [-0.1, -0.05) is 0 Å². The Balaban J connectivity index is 2.27. The summed E-state index contributed by atoms with van der Waals surface area (Å²) in [6.07, 6.45) is 3.73. The zero-order valence-electron chi connectivity index (χ0n) is 9.93. The Labute approximate surface area is 101 Å². The van der Waals surface area contributed by atoms with Gasteiger partial charge in [0.15, 0.2) is 0 Å². The van der Waals surface area contributed by atoms with Crippen LogP contribution in [-0.2, 0) is 4.74 Å². The summed E-state index contributed by atoms with van der Waals surface area (Å²) in [6, 6.07) is 3.62. The zero-order valence-corrected chi connectivity index (χ0v) is 9.93. The molecular formula is C12H17N3O2. The molecule has 1 saturated heterocycles. The Morgan fingerprint density at radius 3 is 3.18 bits per heavy atom. The molecule has 1 aliphatic rings.